The van der Waals surface area contributed by atoms with E-state index >= 15 is 0 Å². The molecule has 3 aromatic rings. The molecule has 1 aliphatic heterocycles. The number of benzene rings is 1. The van der Waals surface area contributed by atoms with Crippen LogP contribution in [0.2, 0.25) is 0 Å². The SMILES string of the molecule is CC(=O)Cc1cc(C2(c3cccc(-c4cccnc4F)c3)N=C(N)N(C)C2=O)cn1CCCF. The lowest BCUT2D eigenvalue weighted by molar-refractivity contribution is -0.129. The third kappa shape index (κ3) is 3.98. The Kier molecular flexibility index (Phi) is 6.28. The Morgan fingerprint density at radius 2 is 1.97 bits per heavy atom. The number of aryl methyl sites for hydroxylation is 1. The van der Waals surface area contributed by atoms with Crippen molar-refractivity contribution in [1.82, 2.24) is 14.5 Å². The number of hydrogen-bond donors (Lipinski definition) is 1. The molecule has 7 nitrogen and oxygen atoms in total. The van der Waals surface area contributed by atoms with E-state index in [2.05, 4.69) is 9.98 Å². The number of aliphatic imine (C=N–C) groups is 1. The molecule has 2 aromatic heterocycles. The smallest absolute Gasteiger partial charge is 0.266 e. The molecular formula is C25H25F2N5O2. The molecule has 1 atom stereocenters. The highest BCUT2D eigenvalue weighted by molar-refractivity contribution is 6.09. The van der Waals surface area contributed by atoms with E-state index < -0.39 is 18.2 Å². The number of rotatable bonds is 8. The van der Waals surface area contributed by atoms with E-state index in [-0.39, 0.29) is 36.1 Å². The van der Waals surface area contributed by atoms with Crippen molar-refractivity contribution >= 4 is 17.6 Å². The molecule has 1 aromatic carbocycles. The zero-order chi connectivity index (χ0) is 24.5. The maximum absolute atomic E-state index is 14.4. The number of nitrogens with zero attached hydrogens (tertiary/aromatic N) is 4. The number of likely N-dealkylation sites (N-methyl/N-ethyl adjacent to an activating group) is 1. The van der Waals surface area contributed by atoms with Crippen molar-refractivity contribution in [3.05, 3.63) is 77.6 Å². The van der Waals surface area contributed by atoms with Crippen molar-refractivity contribution in [3.8, 4) is 11.1 Å². The van der Waals surface area contributed by atoms with Crippen LogP contribution in [0, 0.1) is 5.95 Å². The molecule has 1 amide bonds. The van der Waals surface area contributed by atoms with E-state index in [0.29, 0.717) is 28.9 Å². The molecule has 0 spiro atoms. The third-order valence-corrected chi connectivity index (χ3v) is 5.96. The molecule has 4 rings (SSSR count). The van der Waals surface area contributed by atoms with Crippen LogP contribution in [-0.4, -0.2) is 45.8 Å². The molecule has 2 N–H and O–H groups in total. The largest absolute Gasteiger partial charge is 0.369 e. The topological polar surface area (TPSA) is 93.6 Å². The number of ketones is 1. The van der Waals surface area contributed by atoms with Gasteiger partial charge in [-0.25, -0.2) is 9.98 Å². The summed E-state index contributed by atoms with van der Waals surface area (Å²) in [4.78, 5) is 35.0. The molecule has 176 valence electrons. The van der Waals surface area contributed by atoms with E-state index in [1.165, 1.54) is 25.1 Å². The lowest BCUT2D eigenvalue weighted by Gasteiger charge is -2.25. The van der Waals surface area contributed by atoms with E-state index in [4.69, 9.17) is 5.73 Å². The Morgan fingerprint density at radius 1 is 1.18 bits per heavy atom. The van der Waals surface area contributed by atoms with Gasteiger partial charge in [0.2, 0.25) is 5.95 Å². The van der Waals surface area contributed by atoms with Crippen LogP contribution in [0.4, 0.5) is 8.78 Å². The van der Waals surface area contributed by atoms with Crippen molar-refractivity contribution < 1.29 is 18.4 Å². The normalized spacial score (nSPS) is 17.8. The van der Waals surface area contributed by atoms with Crippen LogP contribution in [0.5, 0.6) is 0 Å². The number of halogens is 2. The van der Waals surface area contributed by atoms with Crippen LogP contribution in [-0.2, 0) is 28.1 Å². The predicted octanol–water partition coefficient (Wildman–Crippen LogP) is 3.21. The van der Waals surface area contributed by atoms with Gasteiger partial charge >= 0.3 is 0 Å². The van der Waals surface area contributed by atoms with Gasteiger partial charge in [0.25, 0.3) is 5.91 Å². The zero-order valence-electron chi connectivity index (χ0n) is 19.0. The zero-order valence-corrected chi connectivity index (χ0v) is 19.0. The lowest BCUT2D eigenvalue weighted by Crippen LogP contribution is -2.41. The van der Waals surface area contributed by atoms with Gasteiger partial charge in [-0.15, -0.1) is 0 Å². The van der Waals surface area contributed by atoms with E-state index in [1.54, 1.807) is 53.2 Å². The monoisotopic (exact) mass is 465 g/mol. The summed E-state index contributed by atoms with van der Waals surface area (Å²) in [7, 11) is 1.53. The van der Waals surface area contributed by atoms with Crippen molar-refractivity contribution in [1.29, 1.82) is 0 Å². The number of hydrogen-bond acceptors (Lipinski definition) is 5. The van der Waals surface area contributed by atoms with E-state index in [1.807, 2.05) is 0 Å². The maximum Gasteiger partial charge on any atom is 0.266 e. The fourth-order valence-electron chi connectivity index (χ4n) is 4.29. The fraction of sp³-hybridized carbons (Fsp3) is 0.280. The van der Waals surface area contributed by atoms with Gasteiger partial charge in [-0.05, 0) is 48.7 Å². The summed E-state index contributed by atoms with van der Waals surface area (Å²) in [6.07, 6.45) is 3.48. The van der Waals surface area contributed by atoms with Crippen molar-refractivity contribution in [3.63, 3.8) is 0 Å². The minimum absolute atomic E-state index is 0.0348. The highest BCUT2D eigenvalue weighted by Gasteiger charge is 2.50. The van der Waals surface area contributed by atoms with Gasteiger partial charge in [0, 0.05) is 49.2 Å². The first-order valence-corrected chi connectivity index (χ1v) is 10.9. The summed E-state index contributed by atoms with van der Waals surface area (Å²) in [6.45, 7) is 1.31. The lowest BCUT2D eigenvalue weighted by atomic mass is 9.83. The number of amides is 1. The average Bonchev–Trinajstić information content (AvgIpc) is 3.32. The molecule has 0 saturated carbocycles. The van der Waals surface area contributed by atoms with E-state index in [9.17, 15) is 18.4 Å². The molecular weight excluding hydrogens is 440 g/mol. The number of pyridine rings is 1. The van der Waals surface area contributed by atoms with Crippen LogP contribution in [0.3, 0.4) is 0 Å². The number of alkyl halides is 1. The number of nitrogens with two attached hydrogens (primary N) is 1. The van der Waals surface area contributed by atoms with Crippen LogP contribution in [0.15, 0.2) is 59.9 Å². The first-order chi connectivity index (χ1) is 16.3. The maximum atomic E-state index is 14.4. The predicted molar refractivity (Wildman–Crippen MR) is 124 cm³/mol. The number of carbonyl (C=O) groups is 2. The summed E-state index contributed by atoms with van der Waals surface area (Å²) >= 11 is 0. The number of guanidine groups is 1. The highest BCUT2D eigenvalue weighted by atomic mass is 19.1. The molecule has 0 radical (unpaired) electrons. The summed E-state index contributed by atoms with van der Waals surface area (Å²) in [5.74, 6) is -1.04. The van der Waals surface area contributed by atoms with Crippen LogP contribution >= 0.6 is 0 Å². The van der Waals surface area contributed by atoms with Gasteiger partial charge in [-0.3, -0.25) is 18.9 Å². The second-order valence-electron chi connectivity index (χ2n) is 8.30. The quantitative estimate of drug-likeness (QED) is 0.517. The fourth-order valence-corrected chi connectivity index (χ4v) is 4.29. The van der Waals surface area contributed by atoms with Crippen LogP contribution < -0.4 is 5.73 Å². The minimum Gasteiger partial charge on any atom is -0.369 e. The second kappa shape index (κ2) is 9.17. The van der Waals surface area contributed by atoms with Gasteiger partial charge in [0.1, 0.15) is 5.78 Å². The molecule has 0 aliphatic carbocycles. The van der Waals surface area contributed by atoms with Crippen LogP contribution in [0.1, 0.15) is 30.2 Å². The number of aromatic nitrogens is 2. The average molecular weight is 466 g/mol. The molecule has 0 saturated heterocycles. The number of Topliss-reactive ketones (excluding diaryl/α,β-unsaturated/α-hetero) is 1. The second-order valence-corrected chi connectivity index (χ2v) is 8.30. The Hall–Kier alpha value is -3.88. The Labute approximate surface area is 195 Å². The van der Waals surface area contributed by atoms with Gasteiger partial charge in [-0.2, -0.15) is 4.39 Å². The standard InChI is InChI=1S/C25H25F2N5O2/c1-16(33)12-20-14-19(15-32(20)11-5-9-26)25(23(34)31(2)24(28)30-25)18-7-3-6-17(13-18)21-8-4-10-29-22(21)27/h3-4,6-8,10,13-15H,5,9,11-12H2,1-2H3,(H2,28,30). The van der Waals surface area contributed by atoms with Gasteiger partial charge in [0.15, 0.2) is 11.5 Å². The summed E-state index contributed by atoms with van der Waals surface area (Å²) in [6, 6.07) is 11.8. The molecule has 0 bridgehead atoms. The van der Waals surface area contributed by atoms with Crippen molar-refractivity contribution in [2.75, 3.05) is 13.7 Å². The van der Waals surface area contributed by atoms with Crippen LogP contribution in [0.25, 0.3) is 11.1 Å². The molecule has 0 fully saturated rings. The summed E-state index contributed by atoms with van der Waals surface area (Å²) in [5, 5.41) is 0. The van der Waals surface area contributed by atoms with Crippen molar-refractivity contribution in [2.24, 2.45) is 10.7 Å². The molecule has 1 aliphatic rings. The van der Waals surface area contributed by atoms with E-state index in [0.717, 1.165) is 0 Å². The van der Waals surface area contributed by atoms with Gasteiger partial charge in [-0.1, -0.05) is 18.2 Å². The first kappa shape index (κ1) is 23.3. The summed E-state index contributed by atoms with van der Waals surface area (Å²) in [5.41, 5.74) is 7.00. The number of carbonyl (C=O) groups excluding carboxylic acids is 2. The van der Waals surface area contributed by atoms with Gasteiger partial charge < -0.3 is 10.3 Å². The Morgan fingerprint density at radius 3 is 2.62 bits per heavy atom. The molecule has 9 heteroatoms. The summed E-state index contributed by atoms with van der Waals surface area (Å²) < 4.78 is 29.1. The first-order valence-electron chi connectivity index (χ1n) is 10.9. The molecule has 3 heterocycles. The Bertz CT molecular complexity index is 1290. The van der Waals surface area contributed by atoms with Gasteiger partial charge in [0.05, 0.1) is 6.67 Å². The third-order valence-electron chi connectivity index (χ3n) is 5.96. The Balaban J connectivity index is 1.92. The van der Waals surface area contributed by atoms with Crippen molar-refractivity contribution in [2.45, 2.75) is 31.8 Å². The molecule has 1 unspecified atom stereocenters. The molecule has 34 heavy (non-hydrogen) atoms. The minimum atomic E-state index is -1.53. The highest BCUT2D eigenvalue weighted by Crippen LogP contribution is 2.41.